The Labute approximate surface area is 130 Å². The van der Waals surface area contributed by atoms with Crippen LogP contribution in [0.4, 0.5) is 5.69 Å². The van der Waals surface area contributed by atoms with E-state index in [4.69, 9.17) is 5.73 Å². The molecule has 3 aromatic rings. The molecule has 0 unspecified atom stereocenters. The van der Waals surface area contributed by atoms with Gasteiger partial charge in [0, 0.05) is 33.3 Å². The Morgan fingerprint density at radius 1 is 1.05 bits per heavy atom. The van der Waals surface area contributed by atoms with E-state index in [0.717, 1.165) is 33.4 Å². The zero-order chi connectivity index (χ0) is 15.9. The molecule has 1 aromatic heterocycles. The number of hydrogen-bond acceptors (Lipinski definition) is 2. The molecule has 0 bridgehead atoms. The number of ketones is 1. The van der Waals surface area contributed by atoms with E-state index in [0.29, 0.717) is 0 Å². The van der Waals surface area contributed by atoms with E-state index in [1.54, 1.807) is 0 Å². The average molecular weight is 292 g/mol. The summed E-state index contributed by atoms with van der Waals surface area (Å²) in [5.41, 5.74) is 10.0. The van der Waals surface area contributed by atoms with Gasteiger partial charge in [-0.05, 0) is 42.0 Å². The summed E-state index contributed by atoms with van der Waals surface area (Å²) in [6, 6.07) is 15.6. The molecule has 0 radical (unpaired) electrons. The van der Waals surface area contributed by atoms with Crippen LogP contribution in [-0.4, -0.2) is 10.8 Å². The van der Waals surface area contributed by atoms with Crippen molar-refractivity contribution in [2.24, 2.45) is 5.41 Å². The molecule has 3 rings (SSSR count). The molecular formula is C19H20N2O. The monoisotopic (exact) mass is 292 g/mol. The highest BCUT2D eigenvalue weighted by Gasteiger charge is 2.23. The molecule has 0 aliphatic carbocycles. The number of anilines is 1. The number of benzene rings is 2. The standard InChI is InChI=1S/C19H20N2O/c1-19(2,3)18(22)13-7-8-16-14(9-13)11-17(21-16)12-5-4-6-15(20)10-12/h4-11,21H,20H2,1-3H3. The van der Waals surface area contributed by atoms with Crippen molar-refractivity contribution in [1.82, 2.24) is 4.98 Å². The SMILES string of the molecule is CC(C)(C)C(=O)c1ccc2[nH]c(-c3cccc(N)c3)cc2c1. The molecule has 3 nitrogen and oxygen atoms in total. The minimum absolute atomic E-state index is 0.154. The van der Waals surface area contributed by atoms with Gasteiger partial charge in [0.15, 0.2) is 5.78 Å². The zero-order valence-electron chi connectivity index (χ0n) is 13.1. The van der Waals surface area contributed by atoms with E-state index in [2.05, 4.69) is 11.1 Å². The fourth-order valence-corrected chi connectivity index (χ4v) is 2.57. The lowest BCUT2D eigenvalue weighted by Gasteiger charge is -2.16. The summed E-state index contributed by atoms with van der Waals surface area (Å²) < 4.78 is 0. The molecule has 1 heterocycles. The number of carbonyl (C=O) groups excluding carboxylic acids is 1. The normalized spacial score (nSPS) is 11.8. The molecule has 22 heavy (non-hydrogen) atoms. The Morgan fingerprint density at radius 3 is 2.50 bits per heavy atom. The first-order valence-corrected chi connectivity index (χ1v) is 7.38. The van der Waals surface area contributed by atoms with Crippen LogP contribution in [0.3, 0.4) is 0 Å². The number of nitrogens with one attached hydrogen (secondary N) is 1. The van der Waals surface area contributed by atoms with Gasteiger partial charge in [-0.25, -0.2) is 0 Å². The van der Waals surface area contributed by atoms with Crippen molar-refractivity contribution in [1.29, 1.82) is 0 Å². The largest absolute Gasteiger partial charge is 0.399 e. The van der Waals surface area contributed by atoms with Gasteiger partial charge in [-0.1, -0.05) is 32.9 Å². The van der Waals surface area contributed by atoms with Crippen molar-refractivity contribution in [3.8, 4) is 11.3 Å². The van der Waals surface area contributed by atoms with Gasteiger partial charge in [0.1, 0.15) is 0 Å². The first-order valence-electron chi connectivity index (χ1n) is 7.38. The molecule has 112 valence electrons. The van der Waals surface area contributed by atoms with Crippen LogP contribution in [0.2, 0.25) is 0 Å². The van der Waals surface area contributed by atoms with Crippen LogP contribution in [0.5, 0.6) is 0 Å². The minimum Gasteiger partial charge on any atom is -0.399 e. The van der Waals surface area contributed by atoms with Gasteiger partial charge in [-0.3, -0.25) is 4.79 Å². The molecular weight excluding hydrogens is 272 g/mol. The average Bonchev–Trinajstić information content (AvgIpc) is 2.88. The number of hydrogen-bond donors (Lipinski definition) is 2. The van der Waals surface area contributed by atoms with E-state index < -0.39 is 0 Å². The highest BCUT2D eigenvalue weighted by atomic mass is 16.1. The number of rotatable bonds is 2. The number of aromatic nitrogens is 1. The predicted octanol–water partition coefficient (Wildman–Crippen LogP) is 4.65. The zero-order valence-corrected chi connectivity index (χ0v) is 13.1. The minimum atomic E-state index is -0.374. The number of nitrogens with two attached hydrogens (primary N) is 1. The summed E-state index contributed by atoms with van der Waals surface area (Å²) in [5.74, 6) is 0.154. The number of carbonyl (C=O) groups is 1. The second-order valence-corrected chi connectivity index (χ2v) is 6.69. The smallest absolute Gasteiger partial charge is 0.168 e. The molecule has 0 saturated carbocycles. The van der Waals surface area contributed by atoms with E-state index in [1.165, 1.54) is 0 Å². The number of H-pyrrole nitrogens is 1. The Bertz CT molecular complexity index is 853. The van der Waals surface area contributed by atoms with Gasteiger partial charge in [0.25, 0.3) is 0 Å². The van der Waals surface area contributed by atoms with Gasteiger partial charge in [0.2, 0.25) is 0 Å². The number of fused-ring (bicyclic) bond motifs is 1. The molecule has 0 atom stereocenters. The second kappa shape index (κ2) is 5.02. The van der Waals surface area contributed by atoms with Gasteiger partial charge in [0.05, 0.1) is 0 Å². The molecule has 0 amide bonds. The molecule has 0 aliphatic rings. The molecule has 0 aliphatic heterocycles. The van der Waals surface area contributed by atoms with Gasteiger partial charge < -0.3 is 10.7 Å². The molecule has 2 aromatic carbocycles. The third-order valence-electron chi connectivity index (χ3n) is 3.76. The van der Waals surface area contributed by atoms with Crippen LogP contribution in [-0.2, 0) is 0 Å². The van der Waals surface area contributed by atoms with Crippen molar-refractivity contribution in [2.45, 2.75) is 20.8 Å². The van der Waals surface area contributed by atoms with E-state index >= 15 is 0 Å². The van der Waals surface area contributed by atoms with Crippen molar-refractivity contribution >= 4 is 22.4 Å². The third-order valence-corrected chi connectivity index (χ3v) is 3.76. The molecule has 0 saturated heterocycles. The summed E-state index contributed by atoms with van der Waals surface area (Å²) in [6.07, 6.45) is 0. The first kappa shape index (κ1) is 14.4. The van der Waals surface area contributed by atoms with Crippen molar-refractivity contribution in [3.05, 3.63) is 54.1 Å². The fraction of sp³-hybridized carbons (Fsp3) is 0.211. The Balaban J connectivity index is 2.06. The van der Waals surface area contributed by atoms with Gasteiger partial charge in [-0.15, -0.1) is 0 Å². The molecule has 3 heteroatoms. The topological polar surface area (TPSA) is 58.9 Å². The van der Waals surface area contributed by atoms with Crippen LogP contribution in [0.15, 0.2) is 48.5 Å². The maximum atomic E-state index is 12.4. The van der Waals surface area contributed by atoms with Crippen LogP contribution in [0.25, 0.3) is 22.2 Å². The molecule has 0 spiro atoms. The highest BCUT2D eigenvalue weighted by Crippen LogP contribution is 2.28. The number of aromatic amines is 1. The van der Waals surface area contributed by atoms with Crippen molar-refractivity contribution in [2.75, 3.05) is 5.73 Å². The summed E-state index contributed by atoms with van der Waals surface area (Å²) >= 11 is 0. The van der Waals surface area contributed by atoms with Gasteiger partial charge >= 0.3 is 0 Å². The lowest BCUT2D eigenvalue weighted by atomic mass is 9.86. The maximum Gasteiger partial charge on any atom is 0.168 e. The second-order valence-electron chi connectivity index (χ2n) is 6.69. The van der Waals surface area contributed by atoms with Crippen LogP contribution < -0.4 is 5.73 Å². The summed E-state index contributed by atoms with van der Waals surface area (Å²) in [4.78, 5) is 15.8. The van der Waals surface area contributed by atoms with Crippen LogP contribution in [0, 0.1) is 5.41 Å². The first-order chi connectivity index (χ1) is 10.3. The Kier molecular flexibility index (Phi) is 3.28. The van der Waals surface area contributed by atoms with Crippen molar-refractivity contribution < 1.29 is 4.79 Å². The number of Topliss-reactive ketones (excluding diaryl/α,β-unsaturated/α-hetero) is 1. The summed E-state index contributed by atoms with van der Waals surface area (Å²) in [6.45, 7) is 5.82. The van der Waals surface area contributed by atoms with E-state index in [-0.39, 0.29) is 11.2 Å². The van der Waals surface area contributed by atoms with E-state index in [1.807, 2.05) is 63.2 Å². The van der Waals surface area contributed by atoms with Crippen LogP contribution in [0.1, 0.15) is 31.1 Å². The maximum absolute atomic E-state index is 12.4. The van der Waals surface area contributed by atoms with E-state index in [9.17, 15) is 4.79 Å². The third kappa shape index (κ3) is 2.62. The number of nitrogen functional groups attached to an aromatic ring is 1. The van der Waals surface area contributed by atoms with Gasteiger partial charge in [-0.2, -0.15) is 0 Å². The lowest BCUT2D eigenvalue weighted by molar-refractivity contribution is 0.0858. The fourth-order valence-electron chi connectivity index (χ4n) is 2.57. The summed E-state index contributed by atoms with van der Waals surface area (Å²) in [7, 11) is 0. The quantitative estimate of drug-likeness (QED) is 0.533. The van der Waals surface area contributed by atoms with Crippen molar-refractivity contribution in [3.63, 3.8) is 0 Å². The Hall–Kier alpha value is -2.55. The molecule has 3 N–H and O–H groups in total. The highest BCUT2D eigenvalue weighted by molar-refractivity contribution is 6.03. The van der Waals surface area contributed by atoms with Crippen LogP contribution >= 0.6 is 0 Å². The summed E-state index contributed by atoms with van der Waals surface area (Å²) in [5, 5.41) is 1.03. The lowest BCUT2D eigenvalue weighted by Crippen LogP contribution is -2.19. The Morgan fingerprint density at radius 2 is 1.82 bits per heavy atom. The molecule has 0 fully saturated rings. The predicted molar refractivity (Wildman–Crippen MR) is 91.9 cm³/mol.